The smallest absolute Gasteiger partial charge is 0.134 e. The van der Waals surface area contributed by atoms with E-state index in [4.69, 9.17) is 10.5 Å². The number of methoxy groups -OCH3 is 1. The number of rotatable bonds is 4. The van der Waals surface area contributed by atoms with Crippen LogP contribution in [-0.4, -0.2) is 31.6 Å². The van der Waals surface area contributed by atoms with Crippen molar-refractivity contribution in [2.45, 2.75) is 19.9 Å². The second kappa shape index (κ2) is 4.73. The monoisotopic (exact) mass is 240 g/mol. The number of thiophene rings is 1. The van der Waals surface area contributed by atoms with E-state index < -0.39 is 0 Å². The van der Waals surface area contributed by atoms with Crippen LogP contribution in [0, 0.1) is 5.41 Å². The first-order valence-electron chi connectivity index (χ1n) is 5.70. The van der Waals surface area contributed by atoms with E-state index in [9.17, 15) is 0 Å². The first-order valence-corrected chi connectivity index (χ1v) is 6.58. The second-order valence-electron chi connectivity index (χ2n) is 4.89. The third-order valence-electron chi connectivity index (χ3n) is 3.42. The van der Waals surface area contributed by atoms with Crippen molar-refractivity contribution in [1.82, 2.24) is 4.90 Å². The molecule has 0 spiro atoms. The van der Waals surface area contributed by atoms with E-state index in [1.807, 2.05) is 6.07 Å². The zero-order valence-corrected chi connectivity index (χ0v) is 10.8. The van der Waals surface area contributed by atoms with E-state index >= 15 is 0 Å². The van der Waals surface area contributed by atoms with Crippen LogP contribution in [-0.2, 0) is 6.54 Å². The van der Waals surface area contributed by atoms with Crippen LogP contribution in [0.1, 0.15) is 18.2 Å². The van der Waals surface area contributed by atoms with Crippen molar-refractivity contribution in [2.24, 2.45) is 11.1 Å². The van der Waals surface area contributed by atoms with E-state index in [1.165, 1.54) is 11.3 Å². The third-order valence-corrected chi connectivity index (χ3v) is 4.31. The maximum atomic E-state index is 5.81. The highest BCUT2D eigenvalue weighted by Gasteiger charge is 2.32. The first kappa shape index (κ1) is 11.9. The molecule has 1 aromatic rings. The molecule has 1 unspecified atom stereocenters. The molecule has 0 amide bonds. The Kier molecular flexibility index (Phi) is 3.52. The van der Waals surface area contributed by atoms with Gasteiger partial charge in [0.05, 0.1) is 12.0 Å². The Morgan fingerprint density at radius 1 is 1.62 bits per heavy atom. The summed E-state index contributed by atoms with van der Waals surface area (Å²) in [7, 11) is 1.74. The van der Waals surface area contributed by atoms with E-state index in [1.54, 1.807) is 18.4 Å². The molecular weight excluding hydrogens is 220 g/mol. The molecule has 1 atom stereocenters. The molecule has 0 aliphatic carbocycles. The molecule has 0 bridgehead atoms. The van der Waals surface area contributed by atoms with Gasteiger partial charge in [-0.05, 0) is 36.4 Å². The number of nitrogens with zero attached hydrogens (tertiary/aromatic N) is 1. The Labute approximate surface area is 101 Å². The molecule has 90 valence electrons. The molecule has 1 aromatic heterocycles. The summed E-state index contributed by atoms with van der Waals surface area (Å²) >= 11 is 1.77. The predicted molar refractivity (Wildman–Crippen MR) is 67.9 cm³/mol. The lowest BCUT2D eigenvalue weighted by molar-refractivity contribution is 0.273. The predicted octanol–water partition coefficient (Wildman–Crippen LogP) is 1.93. The Bertz CT molecular complexity index is 353. The molecule has 1 fully saturated rings. The van der Waals surface area contributed by atoms with Crippen LogP contribution >= 0.6 is 11.3 Å². The number of likely N-dealkylation sites (tertiary alicyclic amines) is 1. The number of hydrogen-bond acceptors (Lipinski definition) is 4. The molecule has 16 heavy (non-hydrogen) atoms. The molecule has 4 heteroatoms. The minimum absolute atomic E-state index is 0.310. The lowest BCUT2D eigenvalue weighted by atomic mass is 9.90. The molecular formula is C12H20N2OS. The Balaban J connectivity index is 1.97. The van der Waals surface area contributed by atoms with Gasteiger partial charge >= 0.3 is 0 Å². The third kappa shape index (κ3) is 2.39. The largest absolute Gasteiger partial charge is 0.496 e. The van der Waals surface area contributed by atoms with Gasteiger partial charge in [-0.2, -0.15) is 0 Å². The molecule has 3 nitrogen and oxygen atoms in total. The summed E-state index contributed by atoms with van der Waals surface area (Å²) in [6.07, 6.45) is 1.21. The van der Waals surface area contributed by atoms with Crippen molar-refractivity contribution in [3.8, 4) is 5.75 Å². The minimum Gasteiger partial charge on any atom is -0.496 e. The maximum Gasteiger partial charge on any atom is 0.134 e. The van der Waals surface area contributed by atoms with Crippen LogP contribution in [0.25, 0.3) is 0 Å². The van der Waals surface area contributed by atoms with Gasteiger partial charge in [-0.3, -0.25) is 4.90 Å². The fraction of sp³-hybridized carbons (Fsp3) is 0.667. The quantitative estimate of drug-likeness (QED) is 0.874. The Morgan fingerprint density at radius 2 is 2.44 bits per heavy atom. The standard InChI is InChI=1S/C12H20N2OS/c1-12(8-13)4-5-14(9-12)7-11-10(15-2)3-6-16-11/h3,6H,4-5,7-9,13H2,1-2H3. The fourth-order valence-electron chi connectivity index (χ4n) is 2.26. The summed E-state index contributed by atoms with van der Waals surface area (Å²) in [6.45, 7) is 6.31. The van der Waals surface area contributed by atoms with E-state index in [-0.39, 0.29) is 0 Å². The molecule has 0 radical (unpaired) electrons. The maximum absolute atomic E-state index is 5.81. The van der Waals surface area contributed by atoms with Crippen LogP contribution in [0.15, 0.2) is 11.4 Å². The summed E-state index contributed by atoms with van der Waals surface area (Å²) in [5, 5.41) is 2.09. The Morgan fingerprint density at radius 3 is 3.06 bits per heavy atom. The minimum atomic E-state index is 0.310. The van der Waals surface area contributed by atoms with Crippen LogP contribution in [0.2, 0.25) is 0 Å². The summed E-state index contributed by atoms with van der Waals surface area (Å²) in [5.41, 5.74) is 6.12. The lowest BCUT2D eigenvalue weighted by Crippen LogP contribution is -2.31. The zero-order chi connectivity index (χ0) is 11.6. The fourth-order valence-corrected chi connectivity index (χ4v) is 3.14. The van der Waals surface area contributed by atoms with Gasteiger partial charge in [0.25, 0.3) is 0 Å². The van der Waals surface area contributed by atoms with Crippen LogP contribution in [0.3, 0.4) is 0 Å². The number of ether oxygens (including phenoxy) is 1. The van der Waals surface area contributed by atoms with Crippen LogP contribution in [0.4, 0.5) is 0 Å². The van der Waals surface area contributed by atoms with Gasteiger partial charge in [-0.25, -0.2) is 0 Å². The van der Waals surface area contributed by atoms with Gasteiger partial charge in [-0.1, -0.05) is 6.92 Å². The van der Waals surface area contributed by atoms with Gasteiger partial charge < -0.3 is 10.5 Å². The van der Waals surface area contributed by atoms with Gasteiger partial charge in [0.15, 0.2) is 0 Å². The number of nitrogens with two attached hydrogens (primary N) is 1. The SMILES string of the molecule is COc1ccsc1CN1CCC(C)(CN)C1. The summed E-state index contributed by atoms with van der Waals surface area (Å²) in [6, 6.07) is 2.04. The van der Waals surface area contributed by atoms with E-state index in [0.717, 1.165) is 31.9 Å². The molecule has 1 saturated heterocycles. The second-order valence-corrected chi connectivity index (χ2v) is 5.89. The van der Waals surface area contributed by atoms with E-state index in [2.05, 4.69) is 17.2 Å². The van der Waals surface area contributed by atoms with Crippen LogP contribution < -0.4 is 10.5 Å². The summed E-state index contributed by atoms with van der Waals surface area (Å²) < 4.78 is 5.33. The van der Waals surface area contributed by atoms with Crippen LogP contribution in [0.5, 0.6) is 5.75 Å². The molecule has 2 rings (SSSR count). The molecule has 2 N–H and O–H groups in total. The van der Waals surface area contributed by atoms with Gasteiger partial charge in [0, 0.05) is 13.1 Å². The average molecular weight is 240 g/mol. The Hall–Kier alpha value is -0.580. The molecule has 1 aliphatic rings. The first-order chi connectivity index (χ1) is 7.67. The molecule has 1 aliphatic heterocycles. The van der Waals surface area contributed by atoms with E-state index in [0.29, 0.717) is 5.41 Å². The molecule has 0 aromatic carbocycles. The lowest BCUT2D eigenvalue weighted by Gasteiger charge is -2.22. The zero-order valence-electron chi connectivity index (χ0n) is 10.0. The van der Waals surface area contributed by atoms with Crippen molar-refractivity contribution >= 4 is 11.3 Å². The highest BCUT2D eigenvalue weighted by molar-refractivity contribution is 7.10. The topological polar surface area (TPSA) is 38.5 Å². The van der Waals surface area contributed by atoms with Crippen molar-refractivity contribution in [3.63, 3.8) is 0 Å². The van der Waals surface area contributed by atoms with Gasteiger partial charge in [0.2, 0.25) is 0 Å². The highest BCUT2D eigenvalue weighted by Crippen LogP contribution is 2.32. The average Bonchev–Trinajstić information content (AvgIpc) is 2.87. The summed E-state index contributed by atoms with van der Waals surface area (Å²) in [5.74, 6) is 1.02. The van der Waals surface area contributed by atoms with Crippen molar-refractivity contribution in [1.29, 1.82) is 0 Å². The van der Waals surface area contributed by atoms with Gasteiger partial charge in [0.1, 0.15) is 5.75 Å². The van der Waals surface area contributed by atoms with Gasteiger partial charge in [-0.15, -0.1) is 11.3 Å². The van der Waals surface area contributed by atoms with Crippen molar-refractivity contribution in [3.05, 3.63) is 16.3 Å². The van der Waals surface area contributed by atoms with Crippen molar-refractivity contribution < 1.29 is 4.74 Å². The number of hydrogen-bond donors (Lipinski definition) is 1. The highest BCUT2D eigenvalue weighted by atomic mass is 32.1. The molecule has 2 heterocycles. The molecule has 0 saturated carbocycles. The summed E-state index contributed by atoms with van der Waals surface area (Å²) in [4.78, 5) is 3.80. The normalized spacial score (nSPS) is 26.2. The van der Waals surface area contributed by atoms with Crippen molar-refractivity contribution in [2.75, 3.05) is 26.7 Å².